The third-order valence-corrected chi connectivity index (χ3v) is 3.57. The van der Waals surface area contributed by atoms with Crippen LogP contribution < -0.4 is 0 Å². The van der Waals surface area contributed by atoms with Gasteiger partial charge in [0.05, 0.1) is 5.71 Å². The lowest BCUT2D eigenvalue weighted by molar-refractivity contribution is -0.150. The Hall–Kier alpha value is -3.35. The van der Waals surface area contributed by atoms with Crippen molar-refractivity contribution < 1.29 is 29.7 Å². The molecule has 0 unspecified atom stereocenters. The number of rotatable bonds is 7. The number of oxime groups is 1. The lowest BCUT2D eigenvalue weighted by Gasteiger charge is -2.12. The normalized spacial score (nSPS) is 11.4. The third-order valence-electron chi connectivity index (χ3n) is 3.57. The first-order valence-corrected chi connectivity index (χ1v) is 7.39. The number of carbonyl (C=O) groups is 2. The Bertz CT molecular complexity index is 783. The van der Waals surface area contributed by atoms with Crippen molar-refractivity contribution in [3.05, 3.63) is 65.2 Å². The van der Waals surface area contributed by atoms with E-state index in [1.807, 2.05) is 0 Å². The lowest BCUT2D eigenvalue weighted by atomic mass is 9.94. The Morgan fingerprint density at radius 3 is 2.24 bits per heavy atom. The van der Waals surface area contributed by atoms with Crippen molar-refractivity contribution in [2.24, 2.45) is 5.16 Å². The highest BCUT2D eigenvalue weighted by molar-refractivity contribution is 5.99. The third kappa shape index (κ3) is 4.57. The Balaban J connectivity index is 2.16. The molecule has 0 saturated carbocycles. The molecule has 2 aromatic carbocycles. The first-order valence-electron chi connectivity index (χ1n) is 7.39. The van der Waals surface area contributed by atoms with E-state index in [0.29, 0.717) is 11.3 Å². The zero-order valence-electron chi connectivity index (χ0n) is 13.4. The van der Waals surface area contributed by atoms with Crippen LogP contribution >= 0.6 is 0 Å². The smallest absolute Gasteiger partial charge is 0.322 e. The van der Waals surface area contributed by atoms with Gasteiger partial charge in [-0.2, -0.15) is 0 Å². The number of nitrogens with zero attached hydrogens (tertiary/aromatic N) is 1. The van der Waals surface area contributed by atoms with E-state index in [-0.39, 0.29) is 17.9 Å². The average molecular weight is 343 g/mol. The molecule has 0 aliphatic heterocycles. The van der Waals surface area contributed by atoms with Crippen LogP contribution in [0.15, 0.2) is 53.7 Å². The highest BCUT2D eigenvalue weighted by Crippen LogP contribution is 2.22. The molecule has 2 aromatic rings. The number of aromatic hydroxyl groups is 1. The monoisotopic (exact) mass is 343 g/mol. The van der Waals surface area contributed by atoms with Crippen LogP contribution in [0.1, 0.15) is 29.5 Å². The van der Waals surface area contributed by atoms with E-state index in [0.717, 1.165) is 5.56 Å². The van der Waals surface area contributed by atoms with Crippen LogP contribution in [0.25, 0.3) is 0 Å². The molecular weight excluding hydrogens is 326 g/mol. The van der Waals surface area contributed by atoms with Gasteiger partial charge in [-0.25, -0.2) is 0 Å². The zero-order chi connectivity index (χ0) is 18.4. The van der Waals surface area contributed by atoms with Gasteiger partial charge in [-0.15, -0.1) is 0 Å². The second-order valence-corrected chi connectivity index (χ2v) is 5.31. The molecule has 0 fully saturated rings. The summed E-state index contributed by atoms with van der Waals surface area (Å²) in [6, 6.07) is 12.7. The van der Waals surface area contributed by atoms with Gasteiger partial charge < -0.3 is 20.2 Å². The Morgan fingerprint density at radius 1 is 1.04 bits per heavy atom. The maximum atomic E-state index is 11.2. The maximum Gasteiger partial charge on any atom is 0.322 e. The Labute approximate surface area is 143 Å². The van der Waals surface area contributed by atoms with E-state index in [1.165, 1.54) is 18.2 Å². The van der Waals surface area contributed by atoms with Gasteiger partial charge in [0.2, 0.25) is 0 Å². The van der Waals surface area contributed by atoms with Gasteiger partial charge in [0, 0.05) is 0 Å². The molecule has 0 aromatic heterocycles. The summed E-state index contributed by atoms with van der Waals surface area (Å²) in [6.07, 6.45) is 0. The quantitative estimate of drug-likeness (QED) is 0.404. The van der Waals surface area contributed by atoms with Crippen LogP contribution in [0.2, 0.25) is 0 Å². The first-order chi connectivity index (χ1) is 11.9. The highest BCUT2D eigenvalue weighted by Gasteiger charge is 2.29. The van der Waals surface area contributed by atoms with Crippen molar-refractivity contribution in [3.8, 4) is 5.75 Å². The van der Waals surface area contributed by atoms with Crippen LogP contribution in [-0.4, -0.2) is 33.0 Å². The molecule has 7 nitrogen and oxygen atoms in total. The first kappa shape index (κ1) is 18.0. The number of phenols is 1. The maximum absolute atomic E-state index is 11.2. The van der Waals surface area contributed by atoms with Crippen molar-refractivity contribution in [1.82, 2.24) is 0 Å². The van der Waals surface area contributed by atoms with Crippen LogP contribution in [0.4, 0.5) is 0 Å². The summed E-state index contributed by atoms with van der Waals surface area (Å²) in [5, 5.41) is 31.5. The summed E-state index contributed by atoms with van der Waals surface area (Å²) in [4.78, 5) is 27.7. The summed E-state index contributed by atoms with van der Waals surface area (Å²) in [5.74, 6) is -4.41. The number of hydrogen-bond acceptors (Lipinski definition) is 5. The summed E-state index contributed by atoms with van der Waals surface area (Å²) >= 11 is 0. The molecule has 25 heavy (non-hydrogen) atoms. The molecule has 130 valence electrons. The van der Waals surface area contributed by atoms with Gasteiger partial charge in [0.15, 0.2) is 5.92 Å². The molecule has 0 bridgehead atoms. The summed E-state index contributed by atoms with van der Waals surface area (Å²) in [6.45, 7) is 1.65. The van der Waals surface area contributed by atoms with E-state index >= 15 is 0 Å². The van der Waals surface area contributed by atoms with E-state index in [2.05, 4.69) is 5.16 Å². The molecule has 0 aliphatic carbocycles. The predicted octanol–water partition coefficient (Wildman–Crippen LogP) is 2.59. The minimum atomic E-state index is -1.66. The summed E-state index contributed by atoms with van der Waals surface area (Å²) in [7, 11) is 0. The summed E-state index contributed by atoms with van der Waals surface area (Å²) in [5.41, 5.74) is 1.89. The molecule has 2 rings (SSSR count). The van der Waals surface area contributed by atoms with Crippen LogP contribution in [0.5, 0.6) is 5.75 Å². The molecule has 7 heteroatoms. The van der Waals surface area contributed by atoms with Crippen molar-refractivity contribution in [2.75, 3.05) is 0 Å². The van der Waals surface area contributed by atoms with E-state index in [1.54, 1.807) is 37.3 Å². The second-order valence-electron chi connectivity index (χ2n) is 5.31. The molecule has 0 amide bonds. The number of carboxylic acids is 2. The van der Waals surface area contributed by atoms with Gasteiger partial charge in [-0.05, 0) is 47.9 Å². The Kier molecular flexibility index (Phi) is 5.73. The van der Waals surface area contributed by atoms with Crippen molar-refractivity contribution in [1.29, 1.82) is 0 Å². The summed E-state index contributed by atoms with van der Waals surface area (Å²) < 4.78 is 0. The fraction of sp³-hybridized carbons (Fsp3) is 0.167. The zero-order valence-corrected chi connectivity index (χ0v) is 13.4. The van der Waals surface area contributed by atoms with Gasteiger partial charge >= 0.3 is 11.9 Å². The number of phenolic OH excluding ortho intramolecular Hbond substituents is 1. The van der Waals surface area contributed by atoms with Gasteiger partial charge in [-0.1, -0.05) is 29.4 Å². The lowest BCUT2D eigenvalue weighted by Crippen LogP contribution is -2.22. The number of aliphatic carboxylic acids is 2. The topological polar surface area (TPSA) is 116 Å². The minimum absolute atomic E-state index is 0.0668. The fourth-order valence-corrected chi connectivity index (χ4v) is 2.27. The highest BCUT2D eigenvalue weighted by atomic mass is 16.6. The number of hydrogen-bond donors (Lipinski definition) is 3. The molecular formula is C18H17NO6. The van der Waals surface area contributed by atoms with Gasteiger partial charge in [0.25, 0.3) is 0 Å². The largest absolute Gasteiger partial charge is 0.508 e. The standard InChI is InChI=1S/C18H17NO6/c1-11(12-6-8-14(20)9-7-12)19-25-10-13-4-2-3-5-15(13)16(17(21)22)18(23)24/h2-9,16,20H,10H2,1H3,(H,21,22)(H,23,24). The average Bonchev–Trinajstić information content (AvgIpc) is 2.56. The van der Waals surface area contributed by atoms with E-state index < -0.39 is 17.9 Å². The predicted molar refractivity (Wildman–Crippen MR) is 89.6 cm³/mol. The Morgan fingerprint density at radius 2 is 1.64 bits per heavy atom. The van der Waals surface area contributed by atoms with Crippen molar-refractivity contribution in [2.45, 2.75) is 19.4 Å². The SMILES string of the molecule is CC(=NOCc1ccccc1C(C(=O)O)C(=O)O)c1ccc(O)cc1. The number of carboxylic acid groups (broad SMARTS) is 2. The van der Waals surface area contributed by atoms with Crippen LogP contribution in [0, 0.1) is 0 Å². The van der Waals surface area contributed by atoms with Crippen LogP contribution in [0.3, 0.4) is 0 Å². The fourth-order valence-electron chi connectivity index (χ4n) is 2.27. The molecule has 3 N–H and O–H groups in total. The molecule has 0 atom stereocenters. The van der Waals surface area contributed by atoms with Gasteiger partial charge in [-0.3, -0.25) is 9.59 Å². The van der Waals surface area contributed by atoms with E-state index in [4.69, 9.17) is 15.1 Å². The minimum Gasteiger partial charge on any atom is -0.508 e. The number of benzene rings is 2. The molecule has 0 aliphatic rings. The molecule has 0 heterocycles. The molecule has 0 spiro atoms. The molecule has 0 radical (unpaired) electrons. The van der Waals surface area contributed by atoms with Crippen molar-refractivity contribution >= 4 is 17.7 Å². The van der Waals surface area contributed by atoms with Crippen molar-refractivity contribution in [3.63, 3.8) is 0 Å². The second kappa shape index (κ2) is 7.96. The van der Waals surface area contributed by atoms with Crippen LogP contribution in [-0.2, 0) is 21.0 Å². The molecule has 0 saturated heterocycles. The van der Waals surface area contributed by atoms with Gasteiger partial charge in [0.1, 0.15) is 12.4 Å². The van der Waals surface area contributed by atoms with E-state index in [9.17, 15) is 14.7 Å².